The summed E-state index contributed by atoms with van der Waals surface area (Å²) < 4.78 is 11.3. The molecule has 1 heterocycles. The molecule has 1 amide bonds. The number of carbonyl (C=O) groups excluding carboxylic acids is 1. The third kappa shape index (κ3) is 3.41. The SMILES string of the molecule is COc1cc(OC)cc(C(=O)Nn2cnc3ccc(Cl)cc3c2=O)c1. The van der Waals surface area contributed by atoms with E-state index in [4.69, 9.17) is 21.1 Å². The minimum absolute atomic E-state index is 0.272. The highest BCUT2D eigenvalue weighted by molar-refractivity contribution is 6.31. The molecule has 0 aliphatic heterocycles. The zero-order chi connectivity index (χ0) is 18.0. The topological polar surface area (TPSA) is 82.4 Å². The number of aromatic nitrogens is 2. The average Bonchev–Trinajstić information content (AvgIpc) is 2.63. The van der Waals surface area contributed by atoms with Crippen LogP contribution >= 0.6 is 11.6 Å². The van der Waals surface area contributed by atoms with Crippen LogP contribution in [0.4, 0.5) is 0 Å². The molecule has 1 aromatic heterocycles. The molecule has 0 saturated heterocycles. The second kappa shape index (κ2) is 6.82. The molecule has 2 aromatic carbocycles. The van der Waals surface area contributed by atoms with Crippen molar-refractivity contribution in [3.63, 3.8) is 0 Å². The second-order valence-corrected chi connectivity index (χ2v) is 5.56. The predicted octanol–water partition coefficient (Wildman–Crippen LogP) is 2.45. The number of nitrogens with zero attached hydrogens (tertiary/aromatic N) is 2. The third-order valence-electron chi connectivity index (χ3n) is 3.56. The lowest BCUT2D eigenvalue weighted by Crippen LogP contribution is -2.33. The number of benzene rings is 2. The summed E-state index contributed by atoms with van der Waals surface area (Å²) in [6.45, 7) is 0. The van der Waals surface area contributed by atoms with E-state index in [1.54, 1.807) is 18.2 Å². The van der Waals surface area contributed by atoms with Crippen LogP contribution in [0.15, 0.2) is 47.5 Å². The zero-order valence-corrected chi connectivity index (χ0v) is 14.2. The summed E-state index contributed by atoms with van der Waals surface area (Å²) >= 11 is 5.92. The van der Waals surface area contributed by atoms with Crippen molar-refractivity contribution in [2.24, 2.45) is 0 Å². The van der Waals surface area contributed by atoms with Gasteiger partial charge < -0.3 is 9.47 Å². The molecule has 7 nitrogen and oxygen atoms in total. The van der Waals surface area contributed by atoms with Crippen molar-refractivity contribution in [1.29, 1.82) is 0 Å². The number of ether oxygens (including phenoxy) is 2. The van der Waals surface area contributed by atoms with Crippen LogP contribution in [0.5, 0.6) is 11.5 Å². The molecule has 0 bridgehead atoms. The molecule has 128 valence electrons. The first-order chi connectivity index (χ1) is 12.0. The number of halogens is 1. The lowest BCUT2D eigenvalue weighted by Gasteiger charge is -2.11. The van der Waals surface area contributed by atoms with Crippen molar-refractivity contribution in [1.82, 2.24) is 9.66 Å². The van der Waals surface area contributed by atoms with Crippen LogP contribution in [-0.2, 0) is 0 Å². The van der Waals surface area contributed by atoms with E-state index < -0.39 is 11.5 Å². The minimum Gasteiger partial charge on any atom is -0.497 e. The molecule has 0 unspecified atom stereocenters. The molecule has 0 spiro atoms. The van der Waals surface area contributed by atoms with Gasteiger partial charge in [0.25, 0.3) is 11.5 Å². The molecule has 3 aromatic rings. The van der Waals surface area contributed by atoms with E-state index in [2.05, 4.69) is 10.4 Å². The number of rotatable bonds is 4. The van der Waals surface area contributed by atoms with Gasteiger partial charge >= 0.3 is 0 Å². The lowest BCUT2D eigenvalue weighted by molar-refractivity contribution is 0.101. The summed E-state index contributed by atoms with van der Waals surface area (Å²) in [6.07, 6.45) is 1.24. The van der Waals surface area contributed by atoms with Crippen molar-refractivity contribution < 1.29 is 14.3 Å². The second-order valence-electron chi connectivity index (χ2n) is 5.12. The van der Waals surface area contributed by atoms with Gasteiger partial charge in [0.15, 0.2) is 0 Å². The number of amides is 1. The van der Waals surface area contributed by atoms with Crippen molar-refractivity contribution in [2.45, 2.75) is 0 Å². The zero-order valence-electron chi connectivity index (χ0n) is 13.4. The van der Waals surface area contributed by atoms with E-state index in [1.807, 2.05) is 0 Å². The number of methoxy groups -OCH3 is 2. The molecular formula is C17H14ClN3O4. The van der Waals surface area contributed by atoms with E-state index in [1.165, 1.54) is 38.7 Å². The minimum atomic E-state index is -0.512. The van der Waals surface area contributed by atoms with Gasteiger partial charge in [-0.25, -0.2) is 9.66 Å². The van der Waals surface area contributed by atoms with Gasteiger partial charge in [-0.3, -0.25) is 15.0 Å². The van der Waals surface area contributed by atoms with Crippen molar-refractivity contribution in [2.75, 3.05) is 19.6 Å². The fraction of sp³-hybridized carbons (Fsp3) is 0.118. The molecule has 25 heavy (non-hydrogen) atoms. The number of hydrogen-bond donors (Lipinski definition) is 1. The predicted molar refractivity (Wildman–Crippen MR) is 94.3 cm³/mol. The molecule has 1 N–H and O–H groups in total. The Balaban J connectivity index is 1.97. The van der Waals surface area contributed by atoms with Crippen molar-refractivity contribution in [3.8, 4) is 11.5 Å². The van der Waals surface area contributed by atoms with Gasteiger partial charge in [-0.05, 0) is 30.3 Å². The largest absolute Gasteiger partial charge is 0.497 e. The highest BCUT2D eigenvalue weighted by atomic mass is 35.5. The first kappa shape index (κ1) is 16.8. The van der Waals surface area contributed by atoms with Crippen LogP contribution in [0, 0.1) is 0 Å². The summed E-state index contributed by atoms with van der Waals surface area (Å²) in [5.41, 5.74) is 2.82. The maximum atomic E-state index is 12.5. The molecule has 3 rings (SSSR count). The number of fused-ring (bicyclic) bond motifs is 1. The molecule has 0 radical (unpaired) electrons. The maximum Gasteiger partial charge on any atom is 0.280 e. The Labute approximate surface area is 147 Å². The van der Waals surface area contributed by atoms with Crippen LogP contribution in [-0.4, -0.2) is 29.8 Å². The van der Waals surface area contributed by atoms with E-state index in [0.717, 1.165) is 4.68 Å². The Bertz CT molecular complexity index is 994. The van der Waals surface area contributed by atoms with Gasteiger partial charge in [0.05, 0.1) is 25.1 Å². The van der Waals surface area contributed by atoms with Gasteiger partial charge in [0.2, 0.25) is 0 Å². The van der Waals surface area contributed by atoms with Gasteiger partial charge in [-0.15, -0.1) is 0 Å². The normalized spacial score (nSPS) is 10.5. The highest BCUT2D eigenvalue weighted by Crippen LogP contribution is 2.22. The molecule has 0 saturated carbocycles. The Morgan fingerprint density at radius 2 is 1.80 bits per heavy atom. The van der Waals surface area contributed by atoms with Crippen LogP contribution in [0.25, 0.3) is 10.9 Å². The number of nitrogens with one attached hydrogen (secondary N) is 1. The molecular weight excluding hydrogens is 346 g/mol. The summed E-state index contributed by atoms with van der Waals surface area (Å²) in [4.78, 5) is 29.1. The fourth-order valence-corrected chi connectivity index (χ4v) is 2.46. The van der Waals surface area contributed by atoms with Crippen molar-refractivity contribution in [3.05, 3.63) is 63.7 Å². The summed E-state index contributed by atoms with van der Waals surface area (Å²) in [5.74, 6) is 0.406. The third-order valence-corrected chi connectivity index (χ3v) is 3.79. The summed E-state index contributed by atoms with van der Waals surface area (Å²) in [7, 11) is 2.97. The van der Waals surface area contributed by atoms with E-state index >= 15 is 0 Å². The Kier molecular flexibility index (Phi) is 4.58. The van der Waals surface area contributed by atoms with E-state index in [-0.39, 0.29) is 5.56 Å². The average molecular weight is 360 g/mol. The maximum absolute atomic E-state index is 12.5. The van der Waals surface area contributed by atoms with Gasteiger partial charge in [0, 0.05) is 16.7 Å². The molecule has 0 aliphatic rings. The van der Waals surface area contributed by atoms with Crippen LogP contribution in [0.3, 0.4) is 0 Å². The standard InChI is InChI=1S/C17H14ClN3O4/c1-24-12-5-10(6-13(8-12)25-2)16(22)20-21-9-19-15-4-3-11(18)7-14(15)17(21)23/h3-9H,1-2H3,(H,20,22). The highest BCUT2D eigenvalue weighted by Gasteiger charge is 2.12. The van der Waals surface area contributed by atoms with Crippen LogP contribution in [0.2, 0.25) is 5.02 Å². The smallest absolute Gasteiger partial charge is 0.280 e. The number of carbonyl (C=O) groups is 1. The fourth-order valence-electron chi connectivity index (χ4n) is 2.29. The Morgan fingerprint density at radius 1 is 1.12 bits per heavy atom. The van der Waals surface area contributed by atoms with E-state index in [9.17, 15) is 9.59 Å². The van der Waals surface area contributed by atoms with Crippen molar-refractivity contribution >= 4 is 28.4 Å². The first-order valence-corrected chi connectivity index (χ1v) is 7.61. The number of hydrogen-bond acceptors (Lipinski definition) is 5. The molecule has 0 atom stereocenters. The monoisotopic (exact) mass is 359 g/mol. The van der Waals surface area contributed by atoms with Gasteiger partial charge in [-0.1, -0.05) is 11.6 Å². The van der Waals surface area contributed by atoms with Gasteiger partial charge in [0.1, 0.15) is 17.8 Å². The van der Waals surface area contributed by atoms with Gasteiger partial charge in [-0.2, -0.15) is 0 Å². The quantitative estimate of drug-likeness (QED) is 0.773. The summed E-state index contributed by atoms with van der Waals surface area (Å²) in [5, 5.41) is 0.714. The summed E-state index contributed by atoms with van der Waals surface area (Å²) in [6, 6.07) is 9.49. The van der Waals surface area contributed by atoms with Crippen LogP contribution in [0.1, 0.15) is 10.4 Å². The lowest BCUT2D eigenvalue weighted by atomic mass is 10.2. The molecule has 0 fully saturated rings. The molecule has 8 heteroatoms. The Morgan fingerprint density at radius 3 is 2.44 bits per heavy atom. The van der Waals surface area contributed by atoms with E-state index in [0.29, 0.717) is 27.4 Å². The molecule has 0 aliphatic carbocycles. The van der Waals surface area contributed by atoms with Crippen LogP contribution < -0.4 is 20.5 Å². The first-order valence-electron chi connectivity index (χ1n) is 7.23. The Hall–Kier alpha value is -3.06.